The molecule has 2 aliphatic heterocycles. The van der Waals surface area contributed by atoms with Crippen LogP contribution in [0.5, 0.6) is 0 Å². The van der Waals surface area contributed by atoms with Crippen LogP contribution in [0.2, 0.25) is 0 Å². The molecule has 0 aromatic carbocycles. The van der Waals surface area contributed by atoms with Crippen molar-refractivity contribution >= 4 is 11.8 Å². The number of aryl methyl sites for hydroxylation is 1. The van der Waals surface area contributed by atoms with Crippen LogP contribution in [0.4, 0.5) is 0 Å². The van der Waals surface area contributed by atoms with Gasteiger partial charge in [-0.3, -0.25) is 9.59 Å². The Morgan fingerprint density at radius 3 is 2.96 bits per heavy atom. The van der Waals surface area contributed by atoms with Gasteiger partial charge < -0.3 is 14.5 Å². The van der Waals surface area contributed by atoms with Crippen molar-refractivity contribution in [2.24, 2.45) is 7.05 Å². The van der Waals surface area contributed by atoms with Crippen LogP contribution in [0.3, 0.4) is 0 Å². The minimum atomic E-state index is -0.360. The highest BCUT2D eigenvalue weighted by atomic mass is 16.5. The van der Waals surface area contributed by atoms with Crippen LogP contribution < -0.4 is 0 Å². The van der Waals surface area contributed by atoms with Crippen LogP contribution in [0.1, 0.15) is 37.6 Å². The number of hydrogen-bond donors (Lipinski definition) is 0. The second kappa shape index (κ2) is 7.03. The molecule has 1 aromatic rings. The number of ether oxygens (including phenoxy) is 1. The summed E-state index contributed by atoms with van der Waals surface area (Å²) in [6, 6.07) is 0. The second-order valence-electron chi connectivity index (χ2n) is 5.96. The lowest BCUT2D eigenvalue weighted by molar-refractivity contribution is -0.145. The van der Waals surface area contributed by atoms with Crippen LogP contribution in [-0.2, 0) is 21.4 Å². The molecule has 0 bridgehead atoms. The van der Waals surface area contributed by atoms with E-state index in [4.69, 9.17) is 4.74 Å². The van der Waals surface area contributed by atoms with E-state index in [-0.39, 0.29) is 24.5 Å². The van der Waals surface area contributed by atoms with Gasteiger partial charge in [0.2, 0.25) is 17.6 Å². The number of hydrogen-bond acceptors (Lipinski definition) is 6. The van der Waals surface area contributed by atoms with Gasteiger partial charge in [0.1, 0.15) is 6.10 Å². The third-order valence-corrected chi connectivity index (χ3v) is 4.23. The number of rotatable bonds is 3. The maximum atomic E-state index is 12.5. The molecular formula is C14H22N6O3. The average molecular weight is 322 g/mol. The Morgan fingerprint density at radius 1 is 1.30 bits per heavy atom. The average Bonchev–Trinajstić information content (AvgIpc) is 2.89. The first kappa shape index (κ1) is 15.9. The van der Waals surface area contributed by atoms with Crippen LogP contribution in [0, 0.1) is 0 Å². The Bertz CT molecular complexity index is 575. The molecule has 23 heavy (non-hydrogen) atoms. The number of carbonyl (C=O) groups excluding carboxylic acids is 2. The molecule has 126 valence electrons. The van der Waals surface area contributed by atoms with E-state index in [0.717, 1.165) is 19.3 Å². The SMILES string of the molecule is Cn1nnc(C2CN(C(=O)CN3CCCCCC3=O)CCO2)n1. The molecule has 3 heterocycles. The molecule has 2 saturated heterocycles. The zero-order valence-electron chi connectivity index (χ0n) is 13.3. The lowest BCUT2D eigenvalue weighted by Gasteiger charge is -2.33. The zero-order valence-corrected chi connectivity index (χ0v) is 13.3. The first-order valence-electron chi connectivity index (χ1n) is 8.04. The van der Waals surface area contributed by atoms with Crippen molar-refractivity contribution < 1.29 is 14.3 Å². The fraction of sp³-hybridized carbons (Fsp3) is 0.786. The maximum absolute atomic E-state index is 12.5. The first-order chi connectivity index (χ1) is 11.1. The van der Waals surface area contributed by atoms with E-state index in [1.165, 1.54) is 4.80 Å². The predicted molar refractivity (Wildman–Crippen MR) is 79.1 cm³/mol. The summed E-state index contributed by atoms with van der Waals surface area (Å²) in [7, 11) is 1.69. The van der Waals surface area contributed by atoms with Gasteiger partial charge in [0.25, 0.3) is 0 Å². The van der Waals surface area contributed by atoms with E-state index in [0.29, 0.717) is 38.5 Å². The molecule has 1 unspecified atom stereocenters. The Labute approximate surface area is 134 Å². The first-order valence-corrected chi connectivity index (χ1v) is 8.04. The predicted octanol–water partition coefficient (Wildman–Crippen LogP) is -0.487. The molecule has 0 spiro atoms. The smallest absolute Gasteiger partial charge is 0.242 e. The van der Waals surface area contributed by atoms with Crippen molar-refractivity contribution in [2.45, 2.75) is 31.8 Å². The standard InChI is InChI=1S/C14H22N6O3/c1-18-16-14(15-17-18)11-9-20(7-8-23-11)13(22)10-19-6-4-2-3-5-12(19)21/h11H,2-10H2,1H3. The summed E-state index contributed by atoms with van der Waals surface area (Å²) in [4.78, 5) is 29.3. The third-order valence-electron chi connectivity index (χ3n) is 4.23. The zero-order chi connectivity index (χ0) is 16.2. The Morgan fingerprint density at radius 2 is 2.17 bits per heavy atom. The maximum Gasteiger partial charge on any atom is 0.242 e. The monoisotopic (exact) mass is 322 g/mol. The van der Waals surface area contributed by atoms with Gasteiger partial charge in [-0.25, -0.2) is 0 Å². The van der Waals surface area contributed by atoms with Crippen molar-refractivity contribution in [3.05, 3.63) is 5.82 Å². The molecule has 2 amide bonds. The highest BCUT2D eigenvalue weighted by molar-refractivity contribution is 5.85. The topological polar surface area (TPSA) is 93.5 Å². The number of morpholine rings is 1. The van der Waals surface area contributed by atoms with E-state index in [1.54, 1.807) is 16.8 Å². The largest absolute Gasteiger partial charge is 0.366 e. The van der Waals surface area contributed by atoms with E-state index in [9.17, 15) is 9.59 Å². The van der Waals surface area contributed by atoms with Crippen molar-refractivity contribution in [1.29, 1.82) is 0 Å². The summed E-state index contributed by atoms with van der Waals surface area (Å²) in [6.07, 6.45) is 3.12. The lowest BCUT2D eigenvalue weighted by atomic mass is 10.2. The molecule has 0 saturated carbocycles. The molecule has 3 rings (SSSR count). The van der Waals surface area contributed by atoms with Gasteiger partial charge in [0.05, 0.1) is 26.7 Å². The van der Waals surface area contributed by atoms with Gasteiger partial charge in [-0.15, -0.1) is 10.2 Å². The van der Waals surface area contributed by atoms with E-state index < -0.39 is 0 Å². The highest BCUT2D eigenvalue weighted by Gasteiger charge is 2.30. The number of aromatic nitrogens is 4. The van der Waals surface area contributed by atoms with Crippen LogP contribution >= 0.6 is 0 Å². The van der Waals surface area contributed by atoms with Crippen LogP contribution in [0.15, 0.2) is 0 Å². The quantitative estimate of drug-likeness (QED) is 0.746. The number of likely N-dealkylation sites (tertiary alicyclic amines) is 1. The molecule has 9 heteroatoms. The summed E-state index contributed by atoms with van der Waals surface area (Å²) in [5.74, 6) is 0.518. The fourth-order valence-electron chi connectivity index (χ4n) is 2.93. The lowest BCUT2D eigenvalue weighted by Crippen LogP contribution is -2.48. The summed E-state index contributed by atoms with van der Waals surface area (Å²) in [6.45, 7) is 2.18. The summed E-state index contributed by atoms with van der Waals surface area (Å²) < 4.78 is 5.64. The number of carbonyl (C=O) groups is 2. The molecule has 1 atom stereocenters. The van der Waals surface area contributed by atoms with Crippen molar-refractivity contribution in [1.82, 2.24) is 30.0 Å². The molecule has 9 nitrogen and oxygen atoms in total. The van der Waals surface area contributed by atoms with Gasteiger partial charge in [-0.1, -0.05) is 6.42 Å². The molecule has 2 fully saturated rings. The van der Waals surface area contributed by atoms with Gasteiger partial charge in [0.15, 0.2) is 0 Å². The van der Waals surface area contributed by atoms with Crippen molar-refractivity contribution in [3.63, 3.8) is 0 Å². The molecule has 0 N–H and O–H groups in total. The Kier molecular flexibility index (Phi) is 4.85. The van der Waals surface area contributed by atoms with E-state index in [2.05, 4.69) is 15.4 Å². The second-order valence-corrected chi connectivity index (χ2v) is 5.96. The van der Waals surface area contributed by atoms with E-state index >= 15 is 0 Å². The summed E-state index contributed by atoms with van der Waals surface area (Å²) in [5, 5.41) is 11.9. The van der Waals surface area contributed by atoms with Gasteiger partial charge in [-0.05, 0) is 18.1 Å². The third kappa shape index (κ3) is 3.84. The van der Waals surface area contributed by atoms with Gasteiger partial charge in [-0.2, -0.15) is 4.80 Å². The van der Waals surface area contributed by atoms with Crippen LogP contribution in [0.25, 0.3) is 0 Å². The minimum Gasteiger partial charge on any atom is -0.366 e. The molecule has 0 radical (unpaired) electrons. The van der Waals surface area contributed by atoms with E-state index in [1.807, 2.05) is 0 Å². The molecule has 2 aliphatic rings. The molecular weight excluding hydrogens is 300 g/mol. The van der Waals surface area contributed by atoms with Crippen molar-refractivity contribution in [2.75, 3.05) is 32.8 Å². The Balaban J connectivity index is 1.59. The number of nitrogens with zero attached hydrogens (tertiary/aromatic N) is 6. The summed E-state index contributed by atoms with van der Waals surface area (Å²) in [5.41, 5.74) is 0. The van der Waals surface area contributed by atoms with Crippen molar-refractivity contribution in [3.8, 4) is 0 Å². The van der Waals surface area contributed by atoms with Gasteiger partial charge >= 0.3 is 0 Å². The normalized spacial score (nSPS) is 23.0. The molecule has 1 aromatic heterocycles. The minimum absolute atomic E-state index is 0.0440. The number of tetrazole rings is 1. The highest BCUT2D eigenvalue weighted by Crippen LogP contribution is 2.19. The Hall–Kier alpha value is -2.03. The number of amides is 2. The molecule has 0 aliphatic carbocycles. The van der Waals surface area contributed by atoms with Gasteiger partial charge in [0, 0.05) is 19.5 Å². The van der Waals surface area contributed by atoms with Crippen LogP contribution in [-0.4, -0.2) is 74.6 Å². The fourth-order valence-corrected chi connectivity index (χ4v) is 2.93. The summed E-state index contributed by atoms with van der Waals surface area (Å²) >= 11 is 0.